The standard InChI is InChI=1S/C25H39N3O2/c1-20(2)26(3)25(30)23-13-15-27(16-14-23)19-24(29)28-17-11-22(12-18-28)10-9-21-7-5-4-6-8-21/h4-8,20,22-23H,9-19H2,1-3H3. The van der Waals surface area contributed by atoms with E-state index in [4.69, 9.17) is 0 Å². The molecule has 5 heteroatoms. The summed E-state index contributed by atoms with van der Waals surface area (Å²) < 4.78 is 0. The average molecular weight is 414 g/mol. The van der Waals surface area contributed by atoms with Gasteiger partial charge in [-0.05, 0) is 76.9 Å². The van der Waals surface area contributed by atoms with E-state index in [9.17, 15) is 9.59 Å². The predicted octanol–water partition coefficient (Wildman–Crippen LogP) is 3.44. The van der Waals surface area contributed by atoms with Crippen molar-refractivity contribution in [2.75, 3.05) is 39.8 Å². The van der Waals surface area contributed by atoms with Crippen molar-refractivity contribution in [1.82, 2.24) is 14.7 Å². The number of likely N-dealkylation sites (tertiary alicyclic amines) is 2. The highest BCUT2D eigenvalue weighted by Gasteiger charge is 2.30. The van der Waals surface area contributed by atoms with E-state index in [-0.39, 0.29) is 23.8 Å². The highest BCUT2D eigenvalue weighted by Crippen LogP contribution is 2.24. The molecule has 3 rings (SSSR count). The molecular weight excluding hydrogens is 374 g/mol. The number of benzene rings is 1. The van der Waals surface area contributed by atoms with Gasteiger partial charge in [-0.15, -0.1) is 0 Å². The van der Waals surface area contributed by atoms with Crippen molar-refractivity contribution < 1.29 is 9.59 Å². The van der Waals surface area contributed by atoms with Gasteiger partial charge in [-0.25, -0.2) is 0 Å². The second kappa shape index (κ2) is 10.9. The average Bonchev–Trinajstić information content (AvgIpc) is 2.78. The van der Waals surface area contributed by atoms with Crippen molar-refractivity contribution in [3.8, 4) is 0 Å². The minimum Gasteiger partial charge on any atom is -0.343 e. The Morgan fingerprint density at radius 1 is 1.00 bits per heavy atom. The van der Waals surface area contributed by atoms with Crippen LogP contribution in [0.15, 0.2) is 30.3 Å². The Morgan fingerprint density at radius 2 is 1.63 bits per heavy atom. The number of rotatable bonds is 7. The third kappa shape index (κ3) is 6.31. The van der Waals surface area contributed by atoms with Gasteiger partial charge >= 0.3 is 0 Å². The highest BCUT2D eigenvalue weighted by molar-refractivity contribution is 5.79. The molecule has 0 aliphatic carbocycles. The summed E-state index contributed by atoms with van der Waals surface area (Å²) in [4.78, 5) is 31.4. The van der Waals surface area contributed by atoms with Crippen molar-refractivity contribution >= 4 is 11.8 Å². The molecule has 1 aromatic rings. The van der Waals surface area contributed by atoms with Crippen LogP contribution in [0.5, 0.6) is 0 Å². The number of amides is 2. The Balaban J connectivity index is 1.35. The molecule has 0 spiro atoms. The van der Waals surface area contributed by atoms with Crippen LogP contribution in [0.25, 0.3) is 0 Å². The van der Waals surface area contributed by atoms with Crippen LogP contribution < -0.4 is 0 Å². The summed E-state index contributed by atoms with van der Waals surface area (Å²) in [6, 6.07) is 10.9. The summed E-state index contributed by atoms with van der Waals surface area (Å²) in [5.41, 5.74) is 1.41. The molecule has 166 valence electrons. The lowest BCUT2D eigenvalue weighted by Crippen LogP contribution is -2.48. The van der Waals surface area contributed by atoms with Gasteiger partial charge in [0.15, 0.2) is 0 Å². The van der Waals surface area contributed by atoms with Crippen LogP contribution in [-0.2, 0) is 16.0 Å². The fraction of sp³-hybridized carbons (Fsp3) is 0.680. The van der Waals surface area contributed by atoms with Crippen LogP contribution in [0.1, 0.15) is 51.5 Å². The lowest BCUT2D eigenvalue weighted by atomic mass is 9.90. The van der Waals surface area contributed by atoms with Crippen LogP contribution in [-0.4, -0.2) is 72.3 Å². The lowest BCUT2D eigenvalue weighted by molar-refractivity contribution is -0.138. The third-order valence-corrected chi connectivity index (χ3v) is 7.07. The molecule has 2 amide bonds. The van der Waals surface area contributed by atoms with Crippen molar-refractivity contribution in [3.05, 3.63) is 35.9 Å². The number of nitrogens with zero attached hydrogens (tertiary/aromatic N) is 3. The summed E-state index contributed by atoms with van der Waals surface area (Å²) in [5.74, 6) is 1.37. The van der Waals surface area contributed by atoms with Gasteiger partial charge < -0.3 is 9.80 Å². The van der Waals surface area contributed by atoms with E-state index in [0.29, 0.717) is 6.54 Å². The number of carbonyl (C=O) groups excluding carboxylic acids is 2. The molecule has 0 N–H and O–H groups in total. The van der Waals surface area contributed by atoms with Gasteiger partial charge in [-0.3, -0.25) is 14.5 Å². The van der Waals surface area contributed by atoms with Gasteiger partial charge in [0, 0.05) is 32.1 Å². The molecule has 2 saturated heterocycles. The van der Waals surface area contributed by atoms with Crippen molar-refractivity contribution in [3.63, 3.8) is 0 Å². The molecule has 1 aromatic carbocycles. The Morgan fingerprint density at radius 3 is 2.23 bits per heavy atom. The molecular formula is C25H39N3O2. The van der Waals surface area contributed by atoms with Crippen molar-refractivity contribution in [2.24, 2.45) is 11.8 Å². The van der Waals surface area contributed by atoms with Crippen LogP contribution in [0.2, 0.25) is 0 Å². The lowest BCUT2D eigenvalue weighted by Gasteiger charge is -2.36. The third-order valence-electron chi connectivity index (χ3n) is 7.07. The quantitative estimate of drug-likeness (QED) is 0.688. The second-order valence-corrected chi connectivity index (χ2v) is 9.44. The molecule has 0 atom stereocenters. The monoisotopic (exact) mass is 413 g/mol. The van der Waals surface area contributed by atoms with Crippen molar-refractivity contribution in [1.29, 1.82) is 0 Å². The molecule has 0 unspecified atom stereocenters. The van der Waals surface area contributed by atoms with Gasteiger partial charge in [-0.1, -0.05) is 30.3 Å². The maximum absolute atomic E-state index is 12.8. The smallest absolute Gasteiger partial charge is 0.236 e. The van der Waals surface area contributed by atoms with Crippen LogP contribution >= 0.6 is 0 Å². The molecule has 0 radical (unpaired) electrons. The first-order chi connectivity index (χ1) is 14.4. The first-order valence-corrected chi connectivity index (χ1v) is 11.7. The number of carbonyl (C=O) groups is 2. The predicted molar refractivity (Wildman–Crippen MR) is 121 cm³/mol. The molecule has 5 nitrogen and oxygen atoms in total. The van der Waals surface area contributed by atoms with Crippen LogP contribution in [0.4, 0.5) is 0 Å². The Bertz CT molecular complexity index is 675. The molecule has 2 aliphatic heterocycles. The van der Waals surface area contributed by atoms with Crippen LogP contribution in [0.3, 0.4) is 0 Å². The van der Waals surface area contributed by atoms with Gasteiger partial charge in [0.05, 0.1) is 6.54 Å². The zero-order valence-corrected chi connectivity index (χ0v) is 19.1. The summed E-state index contributed by atoms with van der Waals surface area (Å²) in [7, 11) is 1.90. The van der Waals surface area contributed by atoms with Crippen molar-refractivity contribution in [2.45, 2.75) is 58.4 Å². The zero-order valence-electron chi connectivity index (χ0n) is 19.1. The minimum atomic E-state index is 0.115. The van der Waals surface area contributed by atoms with Gasteiger partial charge in [0.25, 0.3) is 0 Å². The van der Waals surface area contributed by atoms with E-state index in [0.717, 1.165) is 64.2 Å². The molecule has 0 aromatic heterocycles. The van der Waals surface area contributed by atoms with E-state index in [1.807, 2.05) is 11.9 Å². The van der Waals surface area contributed by atoms with E-state index < -0.39 is 0 Å². The van der Waals surface area contributed by atoms with E-state index >= 15 is 0 Å². The SMILES string of the molecule is CC(C)N(C)C(=O)C1CCN(CC(=O)N2CCC(CCc3ccccc3)CC2)CC1. The molecule has 30 heavy (non-hydrogen) atoms. The van der Waals surface area contributed by atoms with E-state index in [1.54, 1.807) is 0 Å². The molecule has 2 heterocycles. The first kappa shape index (κ1) is 22.8. The van der Waals surface area contributed by atoms with Gasteiger partial charge in [0.1, 0.15) is 0 Å². The summed E-state index contributed by atoms with van der Waals surface area (Å²) in [5, 5.41) is 0. The highest BCUT2D eigenvalue weighted by atomic mass is 16.2. The summed E-state index contributed by atoms with van der Waals surface area (Å²) in [6.45, 7) is 8.10. The molecule has 2 fully saturated rings. The Kier molecular flexibility index (Phi) is 8.32. The van der Waals surface area contributed by atoms with Crippen LogP contribution in [0, 0.1) is 11.8 Å². The molecule has 0 bridgehead atoms. The van der Waals surface area contributed by atoms with E-state index in [2.05, 4.69) is 54.0 Å². The molecule has 0 saturated carbocycles. The van der Waals surface area contributed by atoms with Gasteiger partial charge in [-0.2, -0.15) is 0 Å². The zero-order chi connectivity index (χ0) is 21.5. The summed E-state index contributed by atoms with van der Waals surface area (Å²) in [6.07, 6.45) is 6.33. The molecule has 2 aliphatic rings. The van der Waals surface area contributed by atoms with Gasteiger partial charge in [0.2, 0.25) is 11.8 Å². The Labute approximate surface area is 182 Å². The maximum Gasteiger partial charge on any atom is 0.236 e. The normalized spacial score (nSPS) is 19.3. The maximum atomic E-state index is 12.8. The van der Waals surface area contributed by atoms with E-state index in [1.165, 1.54) is 12.0 Å². The first-order valence-electron chi connectivity index (χ1n) is 11.7. The number of hydrogen-bond donors (Lipinski definition) is 0. The second-order valence-electron chi connectivity index (χ2n) is 9.44. The topological polar surface area (TPSA) is 43.9 Å². The Hall–Kier alpha value is -1.88. The fourth-order valence-electron chi connectivity index (χ4n) is 4.66. The number of piperidine rings is 2. The largest absolute Gasteiger partial charge is 0.343 e. The number of hydrogen-bond acceptors (Lipinski definition) is 3. The fourth-order valence-corrected chi connectivity index (χ4v) is 4.66. The summed E-state index contributed by atoms with van der Waals surface area (Å²) >= 11 is 0. The number of aryl methyl sites for hydroxylation is 1. The minimum absolute atomic E-state index is 0.115.